The molecule has 0 aliphatic rings. The van der Waals surface area contributed by atoms with E-state index in [9.17, 15) is 0 Å². The molecule has 96 valence electrons. The maximum Gasteiger partial charge on any atom is 0.321 e. The average molecular weight is 248 g/mol. The van der Waals surface area contributed by atoms with Crippen LogP contribution in [0.2, 0.25) is 0 Å². The molecule has 2 N–H and O–H groups in total. The van der Waals surface area contributed by atoms with Crippen LogP contribution in [0.1, 0.15) is 20.3 Å². The van der Waals surface area contributed by atoms with Crippen LogP contribution in [0.4, 0.5) is 5.95 Å². The van der Waals surface area contributed by atoms with Crippen molar-refractivity contribution < 1.29 is 4.74 Å². The van der Waals surface area contributed by atoms with Crippen LogP contribution in [0.3, 0.4) is 0 Å². The number of nitrogen functional groups attached to an aromatic ring is 1. The van der Waals surface area contributed by atoms with Crippen LogP contribution in [0.5, 0.6) is 6.01 Å². The van der Waals surface area contributed by atoms with E-state index in [0.29, 0.717) is 12.4 Å². The Morgan fingerprint density at radius 1 is 1.28 bits per heavy atom. The number of aromatic nitrogens is 5. The van der Waals surface area contributed by atoms with Crippen LogP contribution in [0, 0.1) is 0 Å². The molecule has 0 atom stereocenters. The lowest BCUT2D eigenvalue weighted by molar-refractivity contribution is 0.312. The summed E-state index contributed by atoms with van der Waals surface area (Å²) in [6.45, 7) is 5.23. The van der Waals surface area contributed by atoms with Crippen LogP contribution in [0.15, 0.2) is 12.3 Å². The van der Waals surface area contributed by atoms with Crippen LogP contribution in [0.25, 0.3) is 11.5 Å². The normalized spacial score (nSPS) is 10.6. The zero-order valence-electron chi connectivity index (χ0n) is 10.5. The largest absolute Gasteiger partial charge is 0.464 e. The molecule has 0 saturated heterocycles. The smallest absolute Gasteiger partial charge is 0.321 e. The molecule has 0 saturated carbocycles. The summed E-state index contributed by atoms with van der Waals surface area (Å²) in [5.74, 6) is 0.629. The van der Waals surface area contributed by atoms with Crippen molar-refractivity contribution in [2.75, 3.05) is 12.3 Å². The highest BCUT2D eigenvalue weighted by atomic mass is 16.5. The van der Waals surface area contributed by atoms with Crippen LogP contribution in [-0.2, 0) is 6.54 Å². The second-order valence-corrected chi connectivity index (χ2v) is 3.67. The highest BCUT2D eigenvalue weighted by molar-refractivity contribution is 5.50. The summed E-state index contributed by atoms with van der Waals surface area (Å²) in [6.07, 6.45) is 2.69. The number of nitrogens with two attached hydrogens (primary N) is 1. The highest BCUT2D eigenvalue weighted by Crippen LogP contribution is 2.17. The van der Waals surface area contributed by atoms with Crippen molar-refractivity contribution in [1.82, 2.24) is 24.7 Å². The third-order valence-corrected chi connectivity index (χ3v) is 2.29. The van der Waals surface area contributed by atoms with Gasteiger partial charge >= 0.3 is 6.01 Å². The van der Waals surface area contributed by atoms with Crippen LogP contribution < -0.4 is 10.5 Å². The van der Waals surface area contributed by atoms with Gasteiger partial charge in [0, 0.05) is 12.7 Å². The molecular weight excluding hydrogens is 232 g/mol. The molecule has 2 aromatic heterocycles. The second-order valence-electron chi connectivity index (χ2n) is 3.67. The van der Waals surface area contributed by atoms with E-state index in [1.54, 1.807) is 6.20 Å². The van der Waals surface area contributed by atoms with Gasteiger partial charge in [0.05, 0.1) is 6.61 Å². The number of hydrogen-bond acceptors (Lipinski definition) is 6. The number of ether oxygens (including phenoxy) is 1. The summed E-state index contributed by atoms with van der Waals surface area (Å²) in [5.41, 5.74) is 6.46. The molecule has 0 bridgehead atoms. The van der Waals surface area contributed by atoms with Gasteiger partial charge in [0.25, 0.3) is 0 Å². The molecule has 0 aromatic carbocycles. The average Bonchev–Trinajstić information content (AvgIpc) is 2.77. The Bertz CT molecular complexity index is 524. The van der Waals surface area contributed by atoms with Crippen molar-refractivity contribution in [3.63, 3.8) is 0 Å². The maximum atomic E-state index is 5.65. The molecule has 0 amide bonds. The van der Waals surface area contributed by atoms with E-state index < -0.39 is 0 Å². The van der Waals surface area contributed by atoms with E-state index >= 15 is 0 Å². The third kappa shape index (κ3) is 2.55. The molecule has 0 spiro atoms. The Morgan fingerprint density at radius 3 is 2.83 bits per heavy atom. The van der Waals surface area contributed by atoms with Crippen molar-refractivity contribution in [3.8, 4) is 17.5 Å². The van der Waals surface area contributed by atoms with Crippen molar-refractivity contribution >= 4 is 5.95 Å². The minimum Gasteiger partial charge on any atom is -0.464 e. The molecule has 0 radical (unpaired) electrons. The first-order chi connectivity index (χ1) is 8.74. The second kappa shape index (κ2) is 5.44. The number of anilines is 1. The van der Waals surface area contributed by atoms with Crippen molar-refractivity contribution in [2.24, 2.45) is 0 Å². The first kappa shape index (κ1) is 12.3. The van der Waals surface area contributed by atoms with Gasteiger partial charge in [0.1, 0.15) is 5.69 Å². The van der Waals surface area contributed by atoms with E-state index in [-0.39, 0.29) is 12.0 Å². The van der Waals surface area contributed by atoms with Gasteiger partial charge < -0.3 is 10.5 Å². The molecule has 0 aliphatic heterocycles. The Kier molecular flexibility index (Phi) is 3.71. The van der Waals surface area contributed by atoms with Crippen molar-refractivity contribution in [1.29, 1.82) is 0 Å². The van der Waals surface area contributed by atoms with Gasteiger partial charge in [-0.25, -0.2) is 0 Å². The minimum atomic E-state index is 0.146. The van der Waals surface area contributed by atoms with E-state index in [4.69, 9.17) is 10.5 Å². The molecule has 0 fully saturated rings. The molecule has 7 nitrogen and oxygen atoms in total. The van der Waals surface area contributed by atoms with E-state index in [0.717, 1.165) is 18.7 Å². The zero-order valence-corrected chi connectivity index (χ0v) is 10.5. The zero-order chi connectivity index (χ0) is 13.0. The van der Waals surface area contributed by atoms with Gasteiger partial charge in [-0.15, -0.1) is 0 Å². The van der Waals surface area contributed by atoms with Gasteiger partial charge in [-0.1, -0.05) is 6.92 Å². The summed E-state index contributed by atoms with van der Waals surface area (Å²) in [7, 11) is 0. The third-order valence-electron chi connectivity index (χ3n) is 2.29. The number of rotatable bonds is 5. The van der Waals surface area contributed by atoms with Gasteiger partial charge in [-0.05, 0) is 19.4 Å². The fourth-order valence-corrected chi connectivity index (χ4v) is 1.59. The summed E-state index contributed by atoms with van der Waals surface area (Å²) in [4.78, 5) is 12.3. The number of hydrogen-bond donors (Lipinski definition) is 1. The van der Waals surface area contributed by atoms with Crippen molar-refractivity contribution in [3.05, 3.63) is 12.3 Å². The summed E-state index contributed by atoms with van der Waals surface area (Å²) in [5, 5.41) is 4.22. The Balaban J connectivity index is 2.39. The van der Waals surface area contributed by atoms with E-state index in [1.165, 1.54) is 0 Å². The number of aryl methyl sites for hydroxylation is 1. The molecule has 2 rings (SSSR count). The molecule has 7 heteroatoms. The standard InChI is InChI=1S/C11H16N6O/c1-3-7-17-8(5-6-13-17)9-14-10(12)16-11(15-9)18-4-2/h5-6H,3-4,7H2,1-2H3,(H2,12,14,15,16). The van der Waals surface area contributed by atoms with Crippen LogP contribution >= 0.6 is 0 Å². The lowest BCUT2D eigenvalue weighted by atomic mass is 10.4. The Labute approximate surface area is 105 Å². The SMILES string of the molecule is CCCn1nccc1-c1nc(N)nc(OCC)n1. The lowest BCUT2D eigenvalue weighted by Gasteiger charge is -2.07. The first-order valence-electron chi connectivity index (χ1n) is 5.91. The Hall–Kier alpha value is -2.18. The van der Waals surface area contributed by atoms with Crippen LogP contribution in [-0.4, -0.2) is 31.3 Å². The lowest BCUT2D eigenvalue weighted by Crippen LogP contribution is -2.08. The fraction of sp³-hybridized carbons (Fsp3) is 0.455. The van der Waals surface area contributed by atoms with Gasteiger partial charge in [0.2, 0.25) is 5.95 Å². The van der Waals surface area contributed by atoms with Gasteiger partial charge in [-0.2, -0.15) is 20.1 Å². The molecule has 0 aliphatic carbocycles. The molecule has 2 aromatic rings. The summed E-state index contributed by atoms with van der Waals surface area (Å²) in [6, 6.07) is 2.09. The topological polar surface area (TPSA) is 91.7 Å². The van der Waals surface area contributed by atoms with E-state index in [2.05, 4.69) is 27.0 Å². The van der Waals surface area contributed by atoms with E-state index in [1.807, 2.05) is 17.7 Å². The van der Waals surface area contributed by atoms with Gasteiger partial charge in [-0.3, -0.25) is 4.68 Å². The summed E-state index contributed by atoms with van der Waals surface area (Å²) < 4.78 is 7.09. The predicted octanol–water partition coefficient (Wildman–Crippen LogP) is 1.13. The first-order valence-corrected chi connectivity index (χ1v) is 5.91. The Morgan fingerprint density at radius 2 is 2.11 bits per heavy atom. The number of nitrogens with zero attached hydrogens (tertiary/aromatic N) is 5. The van der Waals surface area contributed by atoms with Crippen molar-refractivity contribution in [2.45, 2.75) is 26.8 Å². The maximum absolute atomic E-state index is 5.65. The molecule has 0 unspecified atom stereocenters. The molecular formula is C11H16N6O. The predicted molar refractivity (Wildman–Crippen MR) is 66.9 cm³/mol. The minimum absolute atomic E-state index is 0.146. The quantitative estimate of drug-likeness (QED) is 0.852. The molecule has 18 heavy (non-hydrogen) atoms. The van der Waals surface area contributed by atoms with Gasteiger partial charge in [0.15, 0.2) is 5.82 Å². The fourth-order valence-electron chi connectivity index (χ4n) is 1.59. The highest BCUT2D eigenvalue weighted by Gasteiger charge is 2.11. The monoisotopic (exact) mass is 248 g/mol. The molecule has 2 heterocycles. The summed E-state index contributed by atoms with van der Waals surface area (Å²) >= 11 is 0.